The van der Waals surface area contributed by atoms with Gasteiger partial charge >= 0.3 is 0 Å². The molecule has 0 aromatic rings. The van der Waals surface area contributed by atoms with Crippen LogP contribution in [0, 0.1) is 17.7 Å². The maximum atomic E-state index is 10.8. The van der Waals surface area contributed by atoms with Gasteiger partial charge in [-0.05, 0) is 6.42 Å². The number of ketones is 1. The van der Waals surface area contributed by atoms with Crippen molar-refractivity contribution in [3.63, 3.8) is 0 Å². The summed E-state index contributed by atoms with van der Waals surface area (Å²) in [6, 6.07) is 0. The summed E-state index contributed by atoms with van der Waals surface area (Å²) in [7, 11) is 0. The Hall–Kier alpha value is -0.660. The molecule has 1 atom stereocenters. The molecule has 2 heteroatoms. The lowest BCUT2D eigenvalue weighted by atomic mass is 9.98. The second kappa shape index (κ2) is 4.20. The molecular weight excluding hydrogens is 126 g/mol. The van der Waals surface area contributed by atoms with Gasteiger partial charge in [0.25, 0.3) is 0 Å². The van der Waals surface area contributed by atoms with E-state index in [1.54, 1.807) is 6.92 Å². The Morgan fingerprint density at radius 2 is 2.20 bits per heavy atom. The second-order valence-electron chi connectivity index (χ2n) is 2.38. The van der Waals surface area contributed by atoms with E-state index < -0.39 is 0 Å². The first-order valence-electron chi connectivity index (χ1n) is 3.55. The topological polar surface area (TPSA) is 40.9 Å². The van der Waals surface area contributed by atoms with Crippen LogP contribution in [0.15, 0.2) is 0 Å². The summed E-state index contributed by atoms with van der Waals surface area (Å²) in [5, 5.41) is 7.32. The number of hydrogen-bond donors (Lipinski definition) is 1. The molecule has 0 saturated carbocycles. The Bertz CT molecular complexity index is 140. The van der Waals surface area contributed by atoms with Crippen molar-refractivity contribution in [3.8, 4) is 0 Å². The average molecular weight is 140 g/mol. The van der Waals surface area contributed by atoms with Crippen molar-refractivity contribution in [2.75, 3.05) is 0 Å². The van der Waals surface area contributed by atoms with Crippen molar-refractivity contribution in [1.82, 2.24) is 0 Å². The fourth-order valence-electron chi connectivity index (χ4n) is 0.602. The maximum Gasteiger partial charge on any atom is 0.180 e. The third-order valence-corrected chi connectivity index (χ3v) is 1.63. The summed E-state index contributed by atoms with van der Waals surface area (Å²) in [4.78, 5) is 10.8. The minimum absolute atomic E-state index is 0.101. The Morgan fingerprint density at radius 3 is 2.50 bits per heavy atom. The first-order chi connectivity index (χ1) is 4.63. The van der Waals surface area contributed by atoms with E-state index in [-0.39, 0.29) is 17.4 Å². The maximum absolute atomic E-state index is 10.8. The largest absolute Gasteiger partial charge is 0.301 e. The molecule has 2 nitrogen and oxygen atoms in total. The summed E-state index contributed by atoms with van der Waals surface area (Å²) < 4.78 is 0. The highest BCUT2D eigenvalue weighted by Gasteiger charge is 2.12. The normalized spacial score (nSPS) is 12.7. The fourth-order valence-corrected chi connectivity index (χ4v) is 0.602. The number of carbonyl (C=O) groups excluding carboxylic acids is 1. The Morgan fingerprint density at radius 1 is 1.70 bits per heavy atom. The lowest BCUT2D eigenvalue weighted by molar-refractivity contribution is -0.110. The lowest BCUT2D eigenvalue weighted by Gasteiger charge is -2.06. The SMILES string of the molecule is C[CH]C(=O)C(=N)[C@H](C)CC. The number of rotatable bonds is 4. The third kappa shape index (κ3) is 2.29. The van der Waals surface area contributed by atoms with E-state index in [0.29, 0.717) is 0 Å². The van der Waals surface area contributed by atoms with E-state index in [1.165, 1.54) is 6.42 Å². The summed E-state index contributed by atoms with van der Waals surface area (Å²) in [5.74, 6) is -0.0435. The van der Waals surface area contributed by atoms with Crippen LogP contribution in [-0.2, 0) is 4.79 Å². The molecule has 10 heavy (non-hydrogen) atoms. The van der Waals surface area contributed by atoms with Gasteiger partial charge < -0.3 is 5.41 Å². The van der Waals surface area contributed by atoms with Crippen LogP contribution in [0.2, 0.25) is 0 Å². The quantitative estimate of drug-likeness (QED) is 0.595. The second-order valence-corrected chi connectivity index (χ2v) is 2.38. The zero-order valence-electron chi connectivity index (χ0n) is 6.77. The van der Waals surface area contributed by atoms with Crippen LogP contribution in [0.3, 0.4) is 0 Å². The van der Waals surface area contributed by atoms with E-state index in [4.69, 9.17) is 5.41 Å². The smallest absolute Gasteiger partial charge is 0.180 e. The molecule has 0 aliphatic carbocycles. The lowest BCUT2D eigenvalue weighted by Crippen LogP contribution is -2.19. The number of nitrogens with one attached hydrogen (secondary N) is 1. The van der Waals surface area contributed by atoms with Gasteiger partial charge in [0.15, 0.2) is 5.78 Å². The van der Waals surface area contributed by atoms with Crippen LogP contribution in [-0.4, -0.2) is 11.5 Å². The van der Waals surface area contributed by atoms with E-state index >= 15 is 0 Å². The van der Waals surface area contributed by atoms with E-state index in [2.05, 4.69) is 0 Å². The molecular formula is C8H14NO. The van der Waals surface area contributed by atoms with Gasteiger partial charge in [-0.3, -0.25) is 4.79 Å². The van der Waals surface area contributed by atoms with Crippen molar-refractivity contribution < 1.29 is 4.79 Å². The van der Waals surface area contributed by atoms with Gasteiger partial charge in [0.05, 0.1) is 5.71 Å². The molecule has 0 aliphatic rings. The van der Waals surface area contributed by atoms with Crippen LogP contribution < -0.4 is 0 Å². The Kier molecular flexibility index (Phi) is 3.93. The summed E-state index contributed by atoms with van der Waals surface area (Å²) >= 11 is 0. The van der Waals surface area contributed by atoms with E-state index in [9.17, 15) is 4.79 Å². The minimum Gasteiger partial charge on any atom is -0.301 e. The average Bonchev–Trinajstić information content (AvgIpc) is 2.00. The highest BCUT2D eigenvalue weighted by Crippen LogP contribution is 2.03. The minimum atomic E-state index is -0.144. The van der Waals surface area contributed by atoms with Gasteiger partial charge in [0, 0.05) is 12.3 Å². The van der Waals surface area contributed by atoms with Crippen molar-refractivity contribution in [2.45, 2.75) is 27.2 Å². The molecule has 0 spiro atoms. The zero-order valence-corrected chi connectivity index (χ0v) is 6.77. The molecule has 0 unspecified atom stereocenters. The molecule has 0 aromatic heterocycles. The number of carbonyl (C=O) groups is 1. The standard InChI is InChI=1S/C8H14NO/c1-4-6(3)8(9)7(10)5-2/h5-6,9H,4H2,1-3H3/t6-/m1/s1. The highest BCUT2D eigenvalue weighted by atomic mass is 16.1. The van der Waals surface area contributed by atoms with Gasteiger partial charge in [0.1, 0.15) is 0 Å². The van der Waals surface area contributed by atoms with E-state index in [1.807, 2.05) is 13.8 Å². The predicted molar refractivity (Wildman–Crippen MR) is 42.2 cm³/mol. The molecule has 0 bridgehead atoms. The fraction of sp³-hybridized carbons (Fsp3) is 0.625. The molecule has 57 valence electrons. The van der Waals surface area contributed by atoms with Gasteiger partial charge in [-0.2, -0.15) is 0 Å². The first kappa shape index (κ1) is 9.34. The predicted octanol–water partition coefficient (Wildman–Crippen LogP) is 1.85. The van der Waals surface area contributed by atoms with Crippen molar-refractivity contribution in [1.29, 1.82) is 5.41 Å². The zero-order chi connectivity index (χ0) is 8.15. The van der Waals surface area contributed by atoms with Crippen LogP contribution in [0.4, 0.5) is 0 Å². The summed E-state index contributed by atoms with van der Waals surface area (Å²) in [5.41, 5.74) is 0.227. The molecule has 1 radical (unpaired) electrons. The molecule has 0 saturated heterocycles. The Balaban J connectivity index is 3.95. The monoisotopic (exact) mass is 140 g/mol. The van der Waals surface area contributed by atoms with Crippen molar-refractivity contribution >= 4 is 11.5 Å². The molecule has 0 rings (SSSR count). The summed E-state index contributed by atoms with van der Waals surface area (Å²) in [6.45, 7) is 5.53. The molecule has 1 N–H and O–H groups in total. The first-order valence-corrected chi connectivity index (χ1v) is 3.55. The molecule has 0 aromatic carbocycles. The number of Topliss-reactive ketones (excluding diaryl/α,β-unsaturated/α-hetero) is 1. The van der Waals surface area contributed by atoms with Crippen LogP contribution in [0.1, 0.15) is 27.2 Å². The van der Waals surface area contributed by atoms with Gasteiger partial charge in [-0.1, -0.05) is 20.8 Å². The molecule has 0 amide bonds. The van der Waals surface area contributed by atoms with E-state index in [0.717, 1.165) is 6.42 Å². The van der Waals surface area contributed by atoms with Gasteiger partial charge in [0.2, 0.25) is 0 Å². The van der Waals surface area contributed by atoms with Gasteiger partial charge in [-0.25, -0.2) is 0 Å². The van der Waals surface area contributed by atoms with Gasteiger partial charge in [-0.15, -0.1) is 0 Å². The highest BCUT2D eigenvalue weighted by molar-refractivity contribution is 6.42. The van der Waals surface area contributed by atoms with Crippen LogP contribution in [0.25, 0.3) is 0 Å². The van der Waals surface area contributed by atoms with Crippen molar-refractivity contribution in [2.24, 2.45) is 5.92 Å². The summed E-state index contributed by atoms with van der Waals surface area (Å²) in [6.07, 6.45) is 2.30. The Labute approximate surface area is 62.1 Å². The van der Waals surface area contributed by atoms with Crippen LogP contribution >= 0.6 is 0 Å². The molecule has 0 fully saturated rings. The van der Waals surface area contributed by atoms with Crippen LogP contribution in [0.5, 0.6) is 0 Å². The molecule has 0 heterocycles. The molecule has 0 aliphatic heterocycles. The third-order valence-electron chi connectivity index (χ3n) is 1.63. The number of hydrogen-bond acceptors (Lipinski definition) is 2. The van der Waals surface area contributed by atoms with Crippen molar-refractivity contribution in [3.05, 3.63) is 6.42 Å².